The van der Waals surface area contributed by atoms with Gasteiger partial charge in [0.25, 0.3) is 5.91 Å². The van der Waals surface area contributed by atoms with Gasteiger partial charge in [-0.3, -0.25) is 14.6 Å². The number of halogens is 1. The summed E-state index contributed by atoms with van der Waals surface area (Å²) < 4.78 is 0. The van der Waals surface area contributed by atoms with E-state index in [1.165, 1.54) is 18.6 Å². The molecule has 2 unspecified atom stereocenters. The van der Waals surface area contributed by atoms with Crippen LogP contribution in [0.15, 0.2) is 24.7 Å². The zero-order chi connectivity index (χ0) is 19.3. The van der Waals surface area contributed by atoms with Gasteiger partial charge < -0.3 is 22.1 Å². The Labute approximate surface area is 155 Å². The second-order valence-electron chi connectivity index (χ2n) is 5.92. The molecular formula is C16H20ClN7O2. The van der Waals surface area contributed by atoms with Gasteiger partial charge in [0.05, 0.1) is 23.1 Å². The summed E-state index contributed by atoms with van der Waals surface area (Å²) in [7, 11) is 0. The van der Waals surface area contributed by atoms with Gasteiger partial charge >= 0.3 is 0 Å². The fourth-order valence-corrected chi connectivity index (χ4v) is 2.47. The number of nitrogens with one attached hydrogen (secondary N) is 2. The van der Waals surface area contributed by atoms with Gasteiger partial charge in [-0.15, -0.1) is 0 Å². The van der Waals surface area contributed by atoms with E-state index in [1.54, 1.807) is 13.0 Å². The van der Waals surface area contributed by atoms with E-state index in [9.17, 15) is 9.59 Å². The molecular weight excluding hydrogens is 358 g/mol. The minimum Gasteiger partial charge on any atom is -0.369 e. The summed E-state index contributed by atoms with van der Waals surface area (Å²) in [5.41, 5.74) is 11.1. The number of primary amides is 2. The molecule has 0 fully saturated rings. The number of amides is 2. The molecule has 0 aliphatic heterocycles. The van der Waals surface area contributed by atoms with Crippen LogP contribution >= 0.6 is 11.6 Å². The lowest BCUT2D eigenvalue weighted by atomic mass is 10.0. The smallest absolute Gasteiger partial charge is 0.271 e. The number of nitrogens with zero attached hydrogens (tertiary/aromatic N) is 3. The highest BCUT2D eigenvalue weighted by molar-refractivity contribution is 6.30. The van der Waals surface area contributed by atoms with E-state index < -0.39 is 5.91 Å². The number of carbonyl (C=O) groups is 2. The highest BCUT2D eigenvalue weighted by Gasteiger charge is 2.17. The van der Waals surface area contributed by atoms with Crippen molar-refractivity contribution in [3.05, 3.63) is 35.4 Å². The molecule has 2 rings (SSSR count). The molecule has 0 bridgehead atoms. The Hall–Kier alpha value is -2.94. The zero-order valence-electron chi connectivity index (χ0n) is 14.4. The molecule has 6 N–H and O–H groups in total. The van der Waals surface area contributed by atoms with Crippen molar-refractivity contribution in [1.29, 1.82) is 0 Å². The Kier molecular flexibility index (Phi) is 6.29. The monoisotopic (exact) mass is 377 g/mol. The Morgan fingerprint density at radius 3 is 2.58 bits per heavy atom. The number of anilines is 3. The summed E-state index contributed by atoms with van der Waals surface area (Å²) in [5, 5.41) is 6.47. The van der Waals surface area contributed by atoms with E-state index in [0.29, 0.717) is 22.9 Å². The third kappa shape index (κ3) is 5.28. The first kappa shape index (κ1) is 19.4. The summed E-state index contributed by atoms with van der Waals surface area (Å²) in [6.45, 7) is 3.64. The van der Waals surface area contributed by atoms with Gasteiger partial charge in [0.1, 0.15) is 5.82 Å². The number of hydrogen-bond donors (Lipinski definition) is 4. The summed E-state index contributed by atoms with van der Waals surface area (Å²) in [6, 6.07) is 1.53. The molecule has 138 valence electrons. The molecule has 0 saturated carbocycles. The van der Waals surface area contributed by atoms with Crippen molar-refractivity contribution in [1.82, 2.24) is 15.0 Å². The molecule has 2 heterocycles. The molecule has 2 atom stereocenters. The molecule has 0 radical (unpaired) electrons. The lowest BCUT2D eigenvalue weighted by molar-refractivity contribution is -0.121. The van der Waals surface area contributed by atoms with Crippen LogP contribution in [0.3, 0.4) is 0 Å². The van der Waals surface area contributed by atoms with E-state index in [0.717, 1.165) is 0 Å². The maximum atomic E-state index is 11.6. The van der Waals surface area contributed by atoms with Gasteiger partial charge in [-0.05, 0) is 19.4 Å². The number of hydrogen-bond acceptors (Lipinski definition) is 7. The van der Waals surface area contributed by atoms with Crippen LogP contribution in [-0.2, 0) is 4.79 Å². The predicted octanol–water partition coefficient (Wildman–Crippen LogP) is 1.68. The topological polar surface area (TPSA) is 149 Å². The third-order valence-electron chi connectivity index (χ3n) is 3.56. The Bertz CT molecular complexity index is 815. The summed E-state index contributed by atoms with van der Waals surface area (Å²) in [5.74, 6) is -0.801. The average molecular weight is 378 g/mol. The van der Waals surface area contributed by atoms with Crippen molar-refractivity contribution < 1.29 is 9.59 Å². The van der Waals surface area contributed by atoms with Crippen molar-refractivity contribution in [2.45, 2.75) is 26.3 Å². The van der Waals surface area contributed by atoms with Crippen molar-refractivity contribution in [3.63, 3.8) is 0 Å². The molecule has 0 spiro atoms. The fraction of sp³-hybridized carbons (Fsp3) is 0.312. The van der Waals surface area contributed by atoms with Gasteiger partial charge in [0.2, 0.25) is 5.91 Å². The SMILES string of the molecule is CC(CC(C)C(N)=O)Nc1cnc(C(N)=O)c(Nc2cncc(Cl)c2)n1. The minimum absolute atomic E-state index is 0.0197. The number of carbonyl (C=O) groups excluding carboxylic acids is 2. The molecule has 2 amide bonds. The van der Waals surface area contributed by atoms with Crippen molar-refractivity contribution in [2.24, 2.45) is 17.4 Å². The normalized spacial score (nSPS) is 12.9. The quantitative estimate of drug-likeness (QED) is 0.546. The molecule has 26 heavy (non-hydrogen) atoms. The van der Waals surface area contributed by atoms with Crippen LogP contribution < -0.4 is 22.1 Å². The van der Waals surface area contributed by atoms with E-state index in [-0.39, 0.29) is 29.4 Å². The van der Waals surface area contributed by atoms with Crippen molar-refractivity contribution in [3.8, 4) is 0 Å². The molecule has 0 aliphatic rings. The Morgan fingerprint density at radius 2 is 1.96 bits per heavy atom. The largest absolute Gasteiger partial charge is 0.369 e. The predicted molar refractivity (Wildman–Crippen MR) is 99.1 cm³/mol. The number of nitrogens with two attached hydrogens (primary N) is 2. The van der Waals surface area contributed by atoms with Crippen molar-refractivity contribution in [2.75, 3.05) is 10.6 Å². The van der Waals surface area contributed by atoms with Crippen LogP contribution in [0.2, 0.25) is 5.02 Å². The number of pyridine rings is 1. The summed E-state index contributed by atoms with van der Waals surface area (Å²) >= 11 is 5.91. The first-order chi connectivity index (χ1) is 12.3. The van der Waals surface area contributed by atoms with Gasteiger partial charge in [0.15, 0.2) is 11.5 Å². The summed E-state index contributed by atoms with van der Waals surface area (Å²) in [6.07, 6.45) is 4.92. The van der Waals surface area contributed by atoms with Crippen molar-refractivity contribution >= 4 is 40.7 Å². The third-order valence-corrected chi connectivity index (χ3v) is 3.77. The van der Waals surface area contributed by atoms with Gasteiger partial charge in [0, 0.05) is 18.2 Å². The number of aromatic nitrogens is 3. The molecule has 2 aromatic rings. The van der Waals surface area contributed by atoms with E-state index in [2.05, 4.69) is 25.6 Å². The van der Waals surface area contributed by atoms with E-state index in [1.807, 2.05) is 6.92 Å². The highest BCUT2D eigenvalue weighted by atomic mass is 35.5. The molecule has 2 aromatic heterocycles. The average Bonchev–Trinajstić information content (AvgIpc) is 2.54. The number of rotatable bonds is 8. The van der Waals surface area contributed by atoms with Crippen LogP contribution in [0, 0.1) is 5.92 Å². The maximum Gasteiger partial charge on any atom is 0.271 e. The lowest BCUT2D eigenvalue weighted by Gasteiger charge is -2.18. The van der Waals surface area contributed by atoms with Gasteiger partial charge in [-0.2, -0.15) is 0 Å². The van der Waals surface area contributed by atoms with Crippen LogP contribution in [0.5, 0.6) is 0 Å². The van der Waals surface area contributed by atoms with Crippen LogP contribution in [-0.4, -0.2) is 32.8 Å². The fourth-order valence-electron chi connectivity index (χ4n) is 2.30. The van der Waals surface area contributed by atoms with Gasteiger partial charge in [-0.1, -0.05) is 18.5 Å². The lowest BCUT2D eigenvalue weighted by Crippen LogP contribution is -2.27. The Morgan fingerprint density at radius 1 is 1.23 bits per heavy atom. The summed E-state index contributed by atoms with van der Waals surface area (Å²) in [4.78, 5) is 35.1. The van der Waals surface area contributed by atoms with Crippen LogP contribution in [0.4, 0.5) is 17.3 Å². The molecule has 10 heteroatoms. The first-order valence-corrected chi connectivity index (χ1v) is 8.24. The van der Waals surface area contributed by atoms with Gasteiger partial charge in [-0.25, -0.2) is 9.97 Å². The van der Waals surface area contributed by atoms with Crippen LogP contribution in [0.1, 0.15) is 30.8 Å². The highest BCUT2D eigenvalue weighted by Crippen LogP contribution is 2.21. The molecule has 9 nitrogen and oxygen atoms in total. The van der Waals surface area contributed by atoms with E-state index >= 15 is 0 Å². The molecule has 0 saturated heterocycles. The second kappa shape index (κ2) is 8.43. The first-order valence-electron chi connectivity index (χ1n) is 7.86. The second-order valence-corrected chi connectivity index (χ2v) is 6.35. The maximum absolute atomic E-state index is 11.6. The minimum atomic E-state index is -0.725. The zero-order valence-corrected chi connectivity index (χ0v) is 15.1. The molecule has 0 aromatic carbocycles. The Balaban J connectivity index is 2.22. The van der Waals surface area contributed by atoms with E-state index in [4.69, 9.17) is 23.1 Å². The van der Waals surface area contributed by atoms with Crippen LogP contribution in [0.25, 0.3) is 0 Å². The standard InChI is InChI=1S/C16H20ClN7O2/c1-8(14(18)25)3-9(2)22-12-7-21-13(15(19)26)16(24-12)23-11-4-10(17)5-20-6-11/h4-9H,3H2,1-2H3,(H2,18,25)(H2,19,26)(H2,22,23,24). The molecule has 0 aliphatic carbocycles.